The van der Waals surface area contributed by atoms with E-state index in [0.717, 1.165) is 44.1 Å². The molecule has 0 radical (unpaired) electrons. The summed E-state index contributed by atoms with van der Waals surface area (Å²) >= 11 is 0. The topological polar surface area (TPSA) is 49.3 Å². The fourth-order valence-corrected chi connectivity index (χ4v) is 2.61. The molecule has 1 aromatic carbocycles. The van der Waals surface area contributed by atoms with Crippen LogP contribution < -0.4 is 10.6 Å². The summed E-state index contributed by atoms with van der Waals surface area (Å²) < 4.78 is 0. The van der Waals surface area contributed by atoms with E-state index in [9.17, 15) is 0 Å². The van der Waals surface area contributed by atoms with Gasteiger partial charge in [-0.3, -0.25) is 9.98 Å². The third kappa shape index (κ3) is 7.86. The van der Waals surface area contributed by atoms with Gasteiger partial charge >= 0.3 is 0 Å². The maximum Gasteiger partial charge on any atom is 0.191 e. The number of pyridine rings is 1. The summed E-state index contributed by atoms with van der Waals surface area (Å²) in [7, 11) is 0. The predicted octanol–water partition coefficient (Wildman–Crippen LogP) is 3.66. The maximum absolute atomic E-state index is 4.63. The van der Waals surface area contributed by atoms with Crippen LogP contribution in [0.2, 0.25) is 0 Å². The van der Waals surface area contributed by atoms with Crippen molar-refractivity contribution < 1.29 is 0 Å². The quantitative estimate of drug-likeness (QED) is 0.383. The zero-order chi connectivity index (χ0) is 17.2. The number of aryl methyl sites for hydroxylation is 2. The average molecular weight is 452 g/mol. The SMILES string of the molecule is CCNC(=NCCc1ccccn1)NCCc1ccc(C)cc1C.I. The summed E-state index contributed by atoms with van der Waals surface area (Å²) in [6.45, 7) is 8.86. The molecular formula is C20H29IN4. The monoisotopic (exact) mass is 452 g/mol. The Balaban J connectivity index is 0.00000312. The van der Waals surface area contributed by atoms with Gasteiger partial charge in [0.2, 0.25) is 0 Å². The van der Waals surface area contributed by atoms with Gasteiger partial charge in [0.05, 0.1) is 0 Å². The Morgan fingerprint density at radius 2 is 1.92 bits per heavy atom. The van der Waals surface area contributed by atoms with Crippen LogP contribution >= 0.6 is 24.0 Å². The first-order valence-corrected chi connectivity index (χ1v) is 8.67. The van der Waals surface area contributed by atoms with Crippen LogP contribution in [0.5, 0.6) is 0 Å². The first kappa shape index (κ1) is 21.4. The molecule has 0 aliphatic rings. The van der Waals surface area contributed by atoms with E-state index in [1.54, 1.807) is 0 Å². The van der Waals surface area contributed by atoms with Gasteiger partial charge in [-0.05, 0) is 50.5 Å². The molecule has 0 bridgehead atoms. The van der Waals surface area contributed by atoms with Gasteiger partial charge < -0.3 is 10.6 Å². The first-order valence-electron chi connectivity index (χ1n) is 8.67. The van der Waals surface area contributed by atoms with Crippen LogP contribution in [0.1, 0.15) is 29.3 Å². The standard InChI is InChI=1S/C20H28N4.HI/c1-4-21-20(24-14-11-19-7-5-6-12-22-19)23-13-10-18-9-8-16(2)15-17(18)3;/h5-9,12,15H,4,10-11,13-14H2,1-3H3,(H2,21,23,24);1H. The Morgan fingerprint density at radius 3 is 2.60 bits per heavy atom. The Bertz CT molecular complexity index is 656. The molecular weight excluding hydrogens is 423 g/mol. The van der Waals surface area contributed by atoms with E-state index in [-0.39, 0.29) is 24.0 Å². The lowest BCUT2D eigenvalue weighted by Gasteiger charge is -2.12. The van der Waals surface area contributed by atoms with Gasteiger partial charge in [-0.1, -0.05) is 29.8 Å². The highest BCUT2D eigenvalue weighted by Crippen LogP contribution is 2.10. The number of hydrogen-bond donors (Lipinski definition) is 2. The molecule has 2 aromatic rings. The molecule has 0 fully saturated rings. The van der Waals surface area contributed by atoms with Gasteiger partial charge in [-0.15, -0.1) is 24.0 Å². The van der Waals surface area contributed by atoms with Crippen LogP contribution in [0.4, 0.5) is 0 Å². The Hall–Kier alpha value is -1.63. The minimum absolute atomic E-state index is 0. The number of aliphatic imine (C=N–C) groups is 1. The molecule has 0 aliphatic carbocycles. The first-order chi connectivity index (χ1) is 11.7. The average Bonchev–Trinajstić information content (AvgIpc) is 2.58. The normalized spacial score (nSPS) is 10.9. The zero-order valence-corrected chi connectivity index (χ0v) is 17.7. The third-order valence-corrected chi connectivity index (χ3v) is 3.89. The number of aromatic nitrogens is 1. The maximum atomic E-state index is 4.63. The molecule has 0 amide bonds. The van der Waals surface area contributed by atoms with Crippen molar-refractivity contribution in [3.63, 3.8) is 0 Å². The second-order valence-electron chi connectivity index (χ2n) is 5.94. The molecule has 0 saturated heterocycles. The summed E-state index contributed by atoms with van der Waals surface area (Å²) in [6.07, 6.45) is 3.68. The van der Waals surface area contributed by atoms with Crippen LogP contribution in [0.3, 0.4) is 0 Å². The number of benzene rings is 1. The largest absolute Gasteiger partial charge is 0.357 e. The smallest absolute Gasteiger partial charge is 0.191 e. The number of hydrogen-bond acceptors (Lipinski definition) is 2. The number of guanidine groups is 1. The molecule has 0 aliphatic heterocycles. The van der Waals surface area contributed by atoms with E-state index >= 15 is 0 Å². The highest BCUT2D eigenvalue weighted by Gasteiger charge is 2.01. The van der Waals surface area contributed by atoms with Crippen LogP contribution in [-0.2, 0) is 12.8 Å². The van der Waals surface area contributed by atoms with Crippen LogP contribution in [0, 0.1) is 13.8 Å². The molecule has 25 heavy (non-hydrogen) atoms. The van der Waals surface area contributed by atoms with Crippen LogP contribution in [0.25, 0.3) is 0 Å². The van der Waals surface area contributed by atoms with Gasteiger partial charge in [-0.25, -0.2) is 0 Å². The van der Waals surface area contributed by atoms with Crippen molar-refractivity contribution in [2.75, 3.05) is 19.6 Å². The summed E-state index contributed by atoms with van der Waals surface area (Å²) in [6, 6.07) is 12.6. The van der Waals surface area contributed by atoms with Crippen molar-refractivity contribution in [2.45, 2.75) is 33.6 Å². The molecule has 0 unspecified atom stereocenters. The predicted molar refractivity (Wildman–Crippen MR) is 117 cm³/mol. The molecule has 0 atom stereocenters. The fraction of sp³-hybridized carbons (Fsp3) is 0.400. The van der Waals surface area contributed by atoms with Gasteiger partial charge in [0.1, 0.15) is 0 Å². The van der Waals surface area contributed by atoms with Crippen molar-refractivity contribution in [1.29, 1.82) is 0 Å². The van der Waals surface area contributed by atoms with Crippen molar-refractivity contribution >= 4 is 29.9 Å². The number of nitrogens with zero attached hydrogens (tertiary/aromatic N) is 2. The molecule has 0 saturated carbocycles. The minimum Gasteiger partial charge on any atom is -0.357 e. The molecule has 5 heteroatoms. The van der Waals surface area contributed by atoms with E-state index in [4.69, 9.17) is 0 Å². The van der Waals surface area contributed by atoms with Crippen molar-refractivity contribution in [3.05, 3.63) is 65.0 Å². The van der Waals surface area contributed by atoms with Crippen LogP contribution in [-0.4, -0.2) is 30.6 Å². The van der Waals surface area contributed by atoms with Crippen LogP contribution in [0.15, 0.2) is 47.6 Å². The van der Waals surface area contributed by atoms with E-state index in [2.05, 4.69) is 59.6 Å². The van der Waals surface area contributed by atoms with E-state index in [0.29, 0.717) is 0 Å². The second kappa shape index (κ2) is 11.8. The molecule has 4 nitrogen and oxygen atoms in total. The van der Waals surface area contributed by atoms with E-state index in [1.165, 1.54) is 16.7 Å². The molecule has 1 aromatic heterocycles. The number of nitrogens with one attached hydrogen (secondary N) is 2. The highest BCUT2D eigenvalue weighted by molar-refractivity contribution is 14.0. The summed E-state index contributed by atoms with van der Waals surface area (Å²) in [4.78, 5) is 8.96. The molecule has 0 spiro atoms. The lowest BCUT2D eigenvalue weighted by molar-refractivity contribution is 0.792. The van der Waals surface area contributed by atoms with Gasteiger partial charge in [0.25, 0.3) is 0 Å². The molecule has 2 rings (SSSR count). The number of halogens is 1. The van der Waals surface area contributed by atoms with Crippen molar-refractivity contribution in [3.8, 4) is 0 Å². The summed E-state index contributed by atoms with van der Waals surface area (Å²) in [5, 5.41) is 6.71. The van der Waals surface area contributed by atoms with Gasteiger partial charge in [0, 0.05) is 37.9 Å². The van der Waals surface area contributed by atoms with E-state index < -0.39 is 0 Å². The molecule has 136 valence electrons. The third-order valence-electron chi connectivity index (χ3n) is 3.89. The van der Waals surface area contributed by atoms with E-state index in [1.807, 2.05) is 24.4 Å². The highest BCUT2D eigenvalue weighted by atomic mass is 127. The van der Waals surface area contributed by atoms with Gasteiger partial charge in [0.15, 0.2) is 5.96 Å². The Labute approximate surface area is 168 Å². The Morgan fingerprint density at radius 1 is 1.08 bits per heavy atom. The zero-order valence-electron chi connectivity index (χ0n) is 15.4. The molecule has 1 heterocycles. The number of rotatable bonds is 7. The minimum atomic E-state index is 0. The Kier molecular flexibility index (Phi) is 10.1. The summed E-state index contributed by atoms with van der Waals surface area (Å²) in [5.41, 5.74) is 5.13. The second-order valence-corrected chi connectivity index (χ2v) is 5.94. The lowest BCUT2D eigenvalue weighted by Crippen LogP contribution is -2.38. The lowest BCUT2D eigenvalue weighted by atomic mass is 10.0. The van der Waals surface area contributed by atoms with Crippen molar-refractivity contribution in [1.82, 2.24) is 15.6 Å². The summed E-state index contributed by atoms with van der Waals surface area (Å²) in [5.74, 6) is 0.873. The molecule has 2 N–H and O–H groups in total. The van der Waals surface area contributed by atoms with Gasteiger partial charge in [-0.2, -0.15) is 0 Å². The fourth-order valence-electron chi connectivity index (χ4n) is 2.61. The van der Waals surface area contributed by atoms with Crippen molar-refractivity contribution in [2.24, 2.45) is 4.99 Å².